The van der Waals surface area contributed by atoms with Crippen molar-refractivity contribution in [1.29, 1.82) is 0 Å². The molecule has 750 valence electrons. The maximum Gasteiger partial charge on any atom is 1.00 e. The van der Waals surface area contributed by atoms with Crippen molar-refractivity contribution in [3.05, 3.63) is 266 Å². The van der Waals surface area contributed by atoms with Crippen molar-refractivity contribution in [1.82, 2.24) is 59.1 Å². The van der Waals surface area contributed by atoms with E-state index in [1.807, 2.05) is 90.4 Å². The number of nitrogens with two attached hydrogens (primary N) is 1. The van der Waals surface area contributed by atoms with Crippen LogP contribution in [0.3, 0.4) is 0 Å². The molecule has 142 heavy (non-hydrogen) atoms. The minimum atomic E-state index is -4.76. The molecule has 0 spiro atoms. The molecule has 2 fully saturated rings. The summed E-state index contributed by atoms with van der Waals surface area (Å²) in [5, 5.41) is 19.3. The van der Waals surface area contributed by atoms with E-state index in [4.69, 9.17) is 89.7 Å². The summed E-state index contributed by atoms with van der Waals surface area (Å²) in [4.78, 5) is 26.8. The molecule has 2 aliphatic carbocycles. The summed E-state index contributed by atoms with van der Waals surface area (Å²) in [5.41, 5.74) is 3.55. The van der Waals surface area contributed by atoms with Gasteiger partial charge in [0.2, 0.25) is 10.6 Å². The Kier molecular flexibility index (Phi) is 40.7. The molecule has 2 aliphatic rings. The fourth-order valence-corrected chi connectivity index (χ4v) is 16.7. The number of hydrogen-bond donors (Lipinski definition) is 1. The van der Waals surface area contributed by atoms with Crippen molar-refractivity contribution in [2.45, 2.75) is 89.4 Å². The van der Waals surface area contributed by atoms with E-state index in [0.717, 1.165) is 55.2 Å². The van der Waals surface area contributed by atoms with Gasteiger partial charge in [-0.15, -0.1) is 26.8 Å². The Bertz CT molecular complexity index is 7080. The maximum absolute atomic E-state index is 14.6. The van der Waals surface area contributed by atoms with Crippen LogP contribution in [0.15, 0.2) is 164 Å². The van der Waals surface area contributed by atoms with Crippen molar-refractivity contribution in [3.8, 4) is 24.2 Å². The van der Waals surface area contributed by atoms with Gasteiger partial charge in [0.05, 0.1) is 39.1 Å². The average molecular weight is 2610 g/mol. The number of benzene rings is 9. The Labute approximate surface area is 905 Å². The summed E-state index contributed by atoms with van der Waals surface area (Å²) in [6.45, 7) is -0.994. The molecule has 0 bridgehead atoms. The predicted octanol–water partition coefficient (Wildman–Crippen LogP) is 28.6. The Morgan fingerprint density at radius 1 is 0.423 bits per heavy atom. The van der Waals surface area contributed by atoms with Gasteiger partial charge in [-0.25, -0.2) is 36.9 Å². The molecule has 17 rings (SSSR count). The van der Waals surface area contributed by atoms with Crippen LogP contribution >= 0.6 is 172 Å². The maximum atomic E-state index is 14.6. The van der Waals surface area contributed by atoms with Crippen molar-refractivity contribution >= 4 is 267 Å². The van der Waals surface area contributed by atoms with Gasteiger partial charge in [-0.05, 0) is 329 Å². The minimum absolute atomic E-state index is 0. The average Bonchev–Trinajstić information content (AvgIpc) is 1.74. The summed E-state index contributed by atoms with van der Waals surface area (Å²) < 4.78 is 336. The third kappa shape index (κ3) is 33.4. The van der Waals surface area contributed by atoms with E-state index in [1.165, 1.54) is 83.3 Å². The third-order valence-electron chi connectivity index (χ3n) is 19.2. The Hall–Kier alpha value is -8.20. The van der Waals surface area contributed by atoms with Crippen molar-refractivity contribution in [3.63, 3.8) is 0 Å². The summed E-state index contributed by atoms with van der Waals surface area (Å²) in [5.74, 6) is 3.84. The van der Waals surface area contributed by atoms with Crippen LogP contribution in [0.2, 0.25) is 35.8 Å². The normalized spacial score (nSPS) is 13.0. The number of aryl methyl sites for hydroxylation is 3. The van der Waals surface area contributed by atoms with Gasteiger partial charge in [0.15, 0.2) is 0 Å². The Morgan fingerprint density at radius 2 is 0.775 bits per heavy atom. The first-order valence-electron chi connectivity index (χ1n) is 40.4. The van der Waals surface area contributed by atoms with Gasteiger partial charge in [-0.2, -0.15) is 94.0 Å². The Morgan fingerprint density at radius 3 is 1.14 bits per heavy atom. The van der Waals surface area contributed by atoms with Crippen molar-refractivity contribution in [2.75, 3.05) is 54.4 Å². The first-order chi connectivity index (χ1) is 66.6. The number of rotatable bonds is 11. The fourth-order valence-electron chi connectivity index (χ4n) is 12.8. The van der Waals surface area contributed by atoms with Gasteiger partial charge in [-0.3, -0.25) is 17.6 Å². The standard InChI is InChI=1S/C24H15ClF7N5.C18H11ClF4IN5.C16H8Cl2F4IN3.C9H7F4I.C8H3Cl3N2.C6H5F3.C6H5FIN.2CH3F.Na.H/c1-13-34-35-21-33-20(18-3-2-15(25)10-19(18)37(13)21)36(12-23(27,28)29)17-9-14(8-16(26)11-17)4-5-22(6-7-22)24(30,31)32;1-9-26-27-17-25-16(14-3-2-10(19)4-15(14)29(9)17)28(8-18(21,22)23)13-6-11(20)5-12(24)7-13;17-8-1-2-12-13(3-8)24-15(18)25-14(12)26(7-16(20,21)22)11-5-9(19)4-10(23)6-11;10-7-3-6(4-8(14)5-7)1-2-9(11,12)13;9-4-1-2-5-6(3-4)12-8(11)13-7(5)10;1-2-5(3-4-5)6(7,8)9;7-4-1-5(8)3-6(9)2-4;2*1-2;;/h2-3,8-11H,6-7,12H2,1H3;2-7H,8H2,1H3;1-6H,7H2;3-5H,1-2H2;1-3H;1H,3-4H2;1-3H,9H2;2*1H3;;/q;;;;;;;;;+1;-1/i;;;;;;;2*1D;;. The van der Waals surface area contributed by atoms with E-state index in [9.17, 15) is 110 Å². The van der Waals surface area contributed by atoms with Crippen LogP contribution < -0.4 is 50.0 Å². The quantitative estimate of drug-likeness (QED) is 0.0246. The number of terminal acetylenes is 1. The van der Waals surface area contributed by atoms with E-state index in [2.05, 4.69) is 68.6 Å². The number of anilines is 7. The third-order valence-corrected chi connectivity index (χ3v) is 23.3. The van der Waals surface area contributed by atoms with Gasteiger partial charge < -0.3 is 21.9 Å². The van der Waals surface area contributed by atoms with Crippen molar-refractivity contribution in [2.24, 2.45) is 10.8 Å². The zero-order valence-electron chi connectivity index (χ0n) is 74.8. The van der Waals surface area contributed by atoms with Crippen LogP contribution in [-0.2, 0) is 6.42 Å². The molecule has 9 aromatic carbocycles. The molecule has 2 N–H and O–H groups in total. The second kappa shape index (κ2) is 50.0. The smallest absolute Gasteiger partial charge is 1.00 e. The van der Waals surface area contributed by atoms with E-state index < -0.39 is 112 Å². The zero-order valence-corrected chi connectivity index (χ0v) is 87.8. The molecule has 0 saturated heterocycles. The molecule has 0 amide bonds. The van der Waals surface area contributed by atoms with Crippen LogP contribution in [0, 0.1) is 92.2 Å². The van der Waals surface area contributed by atoms with Crippen LogP contribution in [0.1, 0.15) is 59.0 Å². The molecule has 0 atom stereocenters. The summed E-state index contributed by atoms with van der Waals surface area (Å²) in [7, 11) is -2.00. The fraction of sp³-hybridized carbons (Fsp3) is 0.236. The van der Waals surface area contributed by atoms with Gasteiger partial charge in [0.25, 0.3) is 11.6 Å². The molecule has 6 aromatic heterocycles. The number of aromatic nitrogens is 12. The zero-order chi connectivity index (χ0) is 106. The number of fused-ring (bicyclic) bond motifs is 8. The second-order valence-corrected chi connectivity index (χ2v) is 37.4. The SMILES string of the molecule is C#CC1(C(F)(F)F)CC1.Cc1nnc2nc(N(CC(F)(F)F)c3cc(F)cc(C#CC4(C(F)(F)F)CC4)c3)c3ccc(Cl)cc3n12.Cc1nnc2nc(N(CC(F)(F)F)c3cc(F)cc(I)c3)c3ccc(Cl)cc3n12.Clc1ccc2c(Cl)nc(Cl)nc2c1.Fc1cc(I)cc(CCC(F)(F)F)c1.Fc1cc(I)cc(N(CC(F)(F)F)c2nc(Cl)nc3cc(Cl)ccc23)c1.Nc1cc(F)cc(I)c1.[2H]CF.[2H]CF.[H-].[Na+]. The van der Waals surface area contributed by atoms with Crippen molar-refractivity contribution < 1.29 is 143 Å². The topological polar surface area (TPSA) is 173 Å². The molecule has 0 unspecified atom stereocenters. The first-order valence-corrected chi connectivity index (χ1v) is 45.9. The molecule has 0 aliphatic heterocycles. The molecular weight excluding hydrogens is 2550 g/mol. The van der Waals surface area contributed by atoms with Crippen LogP contribution in [0.5, 0.6) is 0 Å². The number of alkyl halides is 20. The molecule has 2 saturated carbocycles. The summed E-state index contributed by atoms with van der Waals surface area (Å²) >= 11 is 48.9. The first kappa shape index (κ1) is 116. The molecule has 15 aromatic rings. The molecular formula is C89H61Cl7F25I4N16Na. The monoisotopic (exact) mass is 2610 g/mol. The van der Waals surface area contributed by atoms with Gasteiger partial charge in [0, 0.05) is 90.6 Å². The number of nitrogens with zero attached hydrogens (tertiary/aromatic N) is 15. The van der Waals surface area contributed by atoms with E-state index in [-0.39, 0.29) is 142 Å². The Balaban J connectivity index is 0.000000239. The molecule has 0 radical (unpaired) electrons. The van der Waals surface area contributed by atoms with Gasteiger partial charge in [-0.1, -0.05) is 75.8 Å². The summed E-state index contributed by atoms with van der Waals surface area (Å²) in [6, 6.07) is 37.4. The van der Waals surface area contributed by atoms with E-state index in [1.54, 1.807) is 72.7 Å². The van der Waals surface area contributed by atoms with Crippen LogP contribution in [0.4, 0.5) is 150 Å². The predicted molar refractivity (Wildman–Crippen MR) is 527 cm³/mol. The number of nitrogen functional groups attached to an aromatic ring is 1. The second-order valence-electron chi connectivity index (χ2n) is 29.6. The van der Waals surface area contributed by atoms with Crippen LogP contribution in [0.25, 0.3) is 55.2 Å². The molecule has 6 heterocycles. The number of halogens is 36. The summed E-state index contributed by atoms with van der Waals surface area (Å²) in [6.07, 6.45) is -23.4. The molecule has 16 nitrogen and oxygen atoms in total. The minimum Gasteiger partial charge on any atom is -1.00 e. The largest absolute Gasteiger partial charge is 1.00 e. The number of hydrogen-bond acceptors (Lipinski definition) is 14. The van der Waals surface area contributed by atoms with Gasteiger partial charge in [0.1, 0.15) is 93.8 Å². The van der Waals surface area contributed by atoms with Crippen LogP contribution in [-0.4, -0.2) is 130 Å². The molecule has 53 heteroatoms. The van der Waals surface area contributed by atoms with E-state index >= 15 is 0 Å². The van der Waals surface area contributed by atoms with Gasteiger partial charge >= 0.3 is 66.6 Å². The van der Waals surface area contributed by atoms with E-state index in [0.29, 0.717) is 91.1 Å².